The van der Waals surface area contributed by atoms with Crippen molar-refractivity contribution < 1.29 is 0 Å². The molecule has 3 rings (SSSR count). The highest BCUT2D eigenvalue weighted by atomic mass is 14.3. The first-order valence-electron chi connectivity index (χ1n) is 8.26. The van der Waals surface area contributed by atoms with Crippen molar-refractivity contribution in [1.82, 2.24) is 0 Å². The fraction of sp³-hybridized carbons (Fsp3) is 0.217. The van der Waals surface area contributed by atoms with Crippen LogP contribution >= 0.6 is 0 Å². The van der Waals surface area contributed by atoms with E-state index in [1.807, 2.05) is 0 Å². The Morgan fingerprint density at radius 1 is 0.478 bits per heavy atom. The first-order valence-corrected chi connectivity index (χ1v) is 8.26. The molecule has 0 aliphatic heterocycles. The molecule has 0 saturated carbocycles. The van der Waals surface area contributed by atoms with Gasteiger partial charge in [0.25, 0.3) is 0 Å². The van der Waals surface area contributed by atoms with E-state index in [0.717, 1.165) is 0 Å². The van der Waals surface area contributed by atoms with E-state index in [9.17, 15) is 0 Å². The average molecular weight is 300 g/mol. The second kappa shape index (κ2) is 6.42. The van der Waals surface area contributed by atoms with Crippen LogP contribution in [0.3, 0.4) is 0 Å². The van der Waals surface area contributed by atoms with Crippen LogP contribution in [0.4, 0.5) is 0 Å². The molecule has 3 aromatic carbocycles. The van der Waals surface area contributed by atoms with Gasteiger partial charge in [-0.1, -0.05) is 66.7 Å². The molecule has 116 valence electrons. The predicted octanol–water partition coefficient (Wildman–Crippen LogP) is 6.10. The van der Waals surface area contributed by atoms with Gasteiger partial charge in [0.15, 0.2) is 0 Å². The van der Waals surface area contributed by atoms with Gasteiger partial charge in [-0.15, -0.1) is 0 Å². The van der Waals surface area contributed by atoms with Gasteiger partial charge in [-0.2, -0.15) is 0 Å². The van der Waals surface area contributed by atoms with Gasteiger partial charge < -0.3 is 0 Å². The fourth-order valence-electron chi connectivity index (χ4n) is 3.69. The Kier molecular flexibility index (Phi) is 4.34. The van der Waals surface area contributed by atoms with Crippen LogP contribution in [0.1, 0.15) is 44.9 Å². The molecule has 0 radical (unpaired) electrons. The van der Waals surface area contributed by atoms with Crippen LogP contribution in [0.25, 0.3) is 0 Å². The summed E-state index contributed by atoms with van der Waals surface area (Å²) in [6.45, 7) is 8.91. The van der Waals surface area contributed by atoms with Crippen molar-refractivity contribution in [3.63, 3.8) is 0 Å². The quantitative estimate of drug-likeness (QED) is 0.513. The van der Waals surface area contributed by atoms with E-state index in [-0.39, 0.29) is 0 Å². The first-order chi connectivity index (χ1) is 11.1. The van der Waals surface area contributed by atoms with Gasteiger partial charge >= 0.3 is 0 Å². The van der Waals surface area contributed by atoms with Crippen LogP contribution in [0.2, 0.25) is 0 Å². The summed E-state index contributed by atoms with van der Waals surface area (Å²) in [5.74, 6) is 0.290. The van der Waals surface area contributed by atoms with Crippen molar-refractivity contribution in [2.75, 3.05) is 0 Å². The summed E-state index contributed by atoms with van der Waals surface area (Å²) in [7, 11) is 0. The minimum absolute atomic E-state index is 0.290. The van der Waals surface area contributed by atoms with Crippen LogP contribution < -0.4 is 0 Å². The summed E-state index contributed by atoms with van der Waals surface area (Å²) in [5, 5.41) is 0. The lowest BCUT2D eigenvalue weighted by atomic mass is 9.78. The standard InChI is InChI=1S/C23H24/c1-16-10-8-11-17(2)21(16)23(20-14-6-5-7-15-20)22-18(3)12-9-13-19(22)4/h5-15,23H,1-4H3. The lowest BCUT2D eigenvalue weighted by Gasteiger charge is -2.26. The molecule has 3 aromatic rings. The van der Waals surface area contributed by atoms with Crippen molar-refractivity contribution >= 4 is 0 Å². The smallest absolute Gasteiger partial charge is 0.0350 e. The maximum atomic E-state index is 2.25. The van der Waals surface area contributed by atoms with Gasteiger partial charge in [0, 0.05) is 5.92 Å². The third kappa shape index (κ3) is 2.94. The summed E-state index contributed by atoms with van der Waals surface area (Å²) in [5.41, 5.74) is 9.69. The van der Waals surface area contributed by atoms with Crippen LogP contribution in [-0.2, 0) is 0 Å². The molecule has 23 heavy (non-hydrogen) atoms. The molecule has 0 fully saturated rings. The molecular weight excluding hydrogens is 276 g/mol. The van der Waals surface area contributed by atoms with Gasteiger partial charge in [-0.25, -0.2) is 0 Å². The molecule has 0 nitrogen and oxygen atoms in total. The van der Waals surface area contributed by atoms with E-state index in [4.69, 9.17) is 0 Å². The normalized spacial score (nSPS) is 11.0. The van der Waals surface area contributed by atoms with Crippen molar-refractivity contribution in [2.24, 2.45) is 0 Å². The molecule has 0 spiro atoms. The molecule has 0 amide bonds. The Bertz CT molecular complexity index is 721. The van der Waals surface area contributed by atoms with Crippen molar-refractivity contribution in [3.8, 4) is 0 Å². The Morgan fingerprint density at radius 3 is 1.26 bits per heavy atom. The summed E-state index contributed by atoms with van der Waals surface area (Å²) in [4.78, 5) is 0. The number of rotatable bonds is 3. The number of benzene rings is 3. The third-order valence-corrected chi connectivity index (χ3v) is 4.79. The SMILES string of the molecule is Cc1cccc(C)c1C(c1ccccc1)c1c(C)cccc1C. The van der Waals surface area contributed by atoms with Crippen molar-refractivity contribution in [2.45, 2.75) is 33.6 Å². The first kappa shape index (κ1) is 15.6. The van der Waals surface area contributed by atoms with Crippen molar-refractivity contribution in [1.29, 1.82) is 0 Å². The van der Waals surface area contributed by atoms with Crippen LogP contribution in [0.5, 0.6) is 0 Å². The van der Waals surface area contributed by atoms with E-state index in [2.05, 4.69) is 94.4 Å². The average Bonchev–Trinajstić information content (AvgIpc) is 2.53. The second-order valence-corrected chi connectivity index (χ2v) is 6.45. The van der Waals surface area contributed by atoms with Gasteiger partial charge in [-0.3, -0.25) is 0 Å². The second-order valence-electron chi connectivity index (χ2n) is 6.45. The fourth-order valence-corrected chi connectivity index (χ4v) is 3.69. The van der Waals surface area contributed by atoms with Gasteiger partial charge in [0.1, 0.15) is 0 Å². The van der Waals surface area contributed by atoms with E-state index < -0.39 is 0 Å². The minimum Gasteiger partial charge on any atom is -0.0622 e. The molecule has 0 heteroatoms. The number of hydrogen-bond donors (Lipinski definition) is 0. The molecule has 0 bridgehead atoms. The summed E-state index contributed by atoms with van der Waals surface area (Å²) < 4.78 is 0. The Balaban J connectivity index is 2.33. The maximum absolute atomic E-state index is 2.25. The summed E-state index contributed by atoms with van der Waals surface area (Å²) in [6.07, 6.45) is 0. The van der Waals surface area contributed by atoms with Crippen LogP contribution in [-0.4, -0.2) is 0 Å². The molecule has 0 heterocycles. The highest BCUT2D eigenvalue weighted by Gasteiger charge is 2.23. The van der Waals surface area contributed by atoms with E-state index in [0.29, 0.717) is 5.92 Å². The lowest BCUT2D eigenvalue weighted by Crippen LogP contribution is -2.10. The van der Waals surface area contributed by atoms with Gasteiger partial charge in [0.2, 0.25) is 0 Å². The van der Waals surface area contributed by atoms with Crippen LogP contribution in [0, 0.1) is 27.7 Å². The molecule has 0 aliphatic carbocycles. The van der Waals surface area contributed by atoms with E-state index in [1.165, 1.54) is 38.9 Å². The van der Waals surface area contributed by atoms with Crippen LogP contribution in [0.15, 0.2) is 66.7 Å². The summed E-state index contributed by atoms with van der Waals surface area (Å²) >= 11 is 0. The zero-order valence-electron chi connectivity index (χ0n) is 14.4. The van der Waals surface area contributed by atoms with Gasteiger partial charge in [0.05, 0.1) is 0 Å². The Labute approximate surface area is 139 Å². The molecule has 0 aromatic heterocycles. The molecule has 0 N–H and O–H groups in total. The van der Waals surface area contributed by atoms with Crippen molar-refractivity contribution in [3.05, 3.63) is 106 Å². The summed E-state index contributed by atoms with van der Waals surface area (Å²) in [6, 6.07) is 24.1. The Hall–Kier alpha value is -2.34. The molecule has 0 saturated heterocycles. The maximum Gasteiger partial charge on any atom is 0.0350 e. The predicted molar refractivity (Wildman–Crippen MR) is 99.2 cm³/mol. The number of hydrogen-bond acceptors (Lipinski definition) is 0. The van der Waals surface area contributed by atoms with E-state index in [1.54, 1.807) is 0 Å². The molecular formula is C23H24. The van der Waals surface area contributed by atoms with E-state index >= 15 is 0 Å². The van der Waals surface area contributed by atoms with Gasteiger partial charge in [-0.05, 0) is 66.6 Å². The number of aryl methyl sites for hydroxylation is 4. The zero-order chi connectivity index (χ0) is 16.4. The molecule has 0 atom stereocenters. The molecule has 0 aliphatic rings. The molecule has 0 unspecified atom stereocenters. The minimum atomic E-state index is 0.290. The highest BCUT2D eigenvalue weighted by Crippen LogP contribution is 2.38. The topological polar surface area (TPSA) is 0 Å². The monoisotopic (exact) mass is 300 g/mol. The third-order valence-electron chi connectivity index (χ3n) is 4.79. The zero-order valence-corrected chi connectivity index (χ0v) is 14.4. The lowest BCUT2D eigenvalue weighted by molar-refractivity contribution is 0.923. The highest BCUT2D eigenvalue weighted by molar-refractivity contribution is 5.53. The Morgan fingerprint density at radius 2 is 0.870 bits per heavy atom. The largest absolute Gasteiger partial charge is 0.0622 e.